The van der Waals surface area contributed by atoms with Gasteiger partial charge in [0.2, 0.25) is 0 Å². The van der Waals surface area contributed by atoms with E-state index in [0.717, 1.165) is 5.56 Å². The number of aliphatic hydroxyl groups excluding tert-OH is 1. The molecule has 0 fully saturated rings. The van der Waals surface area contributed by atoms with Crippen LogP contribution in [0.3, 0.4) is 0 Å². The number of anilines is 1. The molecular formula is C8H13N3O. The summed E-state index contributed by atoms with van der Waals surface area (Å²) < 4.78 is 0. The van der Waals surface area contributed by atoms with Gasteiger partial charge in [-0.1, -0.05) is 0 Å². The van der Waals surface area contributed by atoms with E-state index in [1.165, 1.54) is 0 Å². The molecule has 5 N–H and O–H groups in total. The van der Waals surface area contributed by atoms with Crippen LogP contribution in [-0.4, -0.2) is 16.6 Å². The first kappa shape index (κ1) is 8.96. The fourth-order valence-electron chi connectivity index (χ4n) is 1.14. The van der Waals surface area contributed by atoms with E-state index in [0.29, 0.717) is 11.4 Å². The summed E-state index contributed by atoms with van der Waals surface area (Å²) in [5.41, 5.74) is 12.4. The lowest BCUT2D eigenvalue weighted by Crippen LogP contribution is -2.15. The molecule has 0 saturated carbocycles. The molecule has 1 aromatic rings. The van der Waals surface area contributed by atoms with E-state index in [9.17, 15) is 5.11 Å². The van der Waals surface area contributed by atoms with Gasteiger partial charge in [-0.25, -0.2) is 4.98 Å². The van der Waals surface area contributed by atoms with Gasteiger partial charge in [0.15, 0.2) is 0 Å². The lowest BCUT2D eigenvalue weighted by Gasteiger charge is -2.12. The molecule has 0 aliphatic rings. The fourth-order valence-corrected chi connectivity index (χ4v) is 1.14. The summed E-state index contributed by atoms with van der Waals surface area (Å²) in [7, 11) is 0. The normalized spacial score (nSPS) is 12.9. The molecule has 1 aromatic heterocycles. The SMILES string of the molecule is Cc1ccnc(N)c1C(O)CN. The van der Waals surface area contributed by atoms with E-state index < -0.39 is 6.10 Å². The number of hydrogen-bond acceptors (Lipinski definition) is 4. The zero-order valence-electron chi connectivity index (χ0n) is 6.99. The van der Waals surface area contributed by atoms with Crippen LogP contribution < -0.4 is 11.5 Å². The van der Waals surface area contributed by atoms with Crippen LogP contribution in [0, 0.1) is 6.92 Å². The molecule has 1 unspecified atom stereocenters. The van der Waals surface area contributed by atoms with Gasteiger partial charge in [0.05, 0.1) is 6.10 Å². The monoisotopic (exact) mass is 167 g/mol. The number of hydrogen-bond donors (Lipinski definition) is 3. The fraction of sp³-hybridized carbons (Fsp3) is 0.375. The van der Waals surface area contributed by atoms with Crippen LogP contribution in [0.1, 0.15) is 17.2 Å². The highest BCUT2D eigenvalue weighted by Gasteiger charge is 2.12. The molecule has 0 spiro atoms. The number of nitrogens with zero attached hydrogens (tertiary/aromatic N) is 1. The number of rotatable bonds is 2. The summed E-state index contributed by atoms with van der Waals surface area (Å²) in [6, 6.07) is 1.80. The van der Waals surface area contributed by atoms with Crippen LogP contribution in [0.2, 0.25) is 0 Å². The Kier molecular flexibility index (Phi) is 2.62. The van der Waals surface area contributed by atoms with Crippen LogP contribution in [0.4, 0.5) is 5.82 Å². The van der Waals surface area contributed by atoms with E-state index in [4.69, 9.17) is 11.5 Å². The largest absolute Gasteiger partial charge is 0.387 e. The predicted molar refractivity (Wildman–Crippen MR) is 47.4 cm³/mol. The first-order valence-corrected chi connectivity index (χ1v) is 3.76. The third kappa shape index (κ3) is 1.54. The average Bonchev–Trinajstić information content (AvgIpc) is 2.03. The maximum Gasteiger partial charge on any atom is 0.129 e. The van der Waals surface area contributed by atoms with Crippen LogP contribution in [0.25, 0.3) is 0 Å². The van der Waals surface area contributed by atoms with Crippen molar-refractivity contribution in [2.24, 2.45) is 5.73 Å². The molecule has 0 amide bonds. The summed E-state index contributed by atoms with van der Waals surface area (Å²) in [6.45, 7) is 2.03. The molecular weight excluding hydrogens is 154 g/mol. The van der Waals surface area contributed by atoms with Gasteiger partial charge in [-0.05, 0) is 18.6 Å². The standard InChI is InChI=1S/C8H13N3O/c1-5-2-3-11-8(10)7(5)6(12)4-9/h2-3,6,12H,4,9H2,1H3,(H2,10,11). The van der Waals surface area contributed by atoms with E-state index >= 15 is 0 Å². The Balaban J connectivity index is 3.12. The third-order valence-corrected chi connectivity index (χ3v) is 1.80. The molecule has 0 bridgehead atoms. The average molecular weight is 167 g/mol. The van der Waals surface area contributed by atoms with Crippen molar-refractivity contribution < 1.29 is 5.11 Å². The molecule has 4 nitrogen and oxygen atoms in total. The van der Waals surface area contributed by atoms with Crippen molar-refractivity contribution >= 4 is 5.82 Å². The highest BCUT2D eigenvalue weighted by molar-refractivity contribution is 5.45. The van der Waals surface area contributed by atoms with Crippen molar-refractivity contribution in [1.82, 2.24) is 4.98 Å². The lowest BCUT2D eigenvalue weighted by atomic mass is 10.1. The number of aromatic nitrogens is 1. The van der Waals surface area contributed by atoms with Gasteiger partial charge < -0.3 is 16.6 Å². The number of nitrogens with two attached hydrogens (primary N) is 2. The number of nitrogen functional groups attached to an aromatic ring is 1. The Morgan fingerprint density at radius 2 is 2.33 bits per heavy atom. The quantitative estimate of drug-likeness (QED) is 0.577. The van der Waals surface area contributed by atoms with E-state index in [1.54, 1.807) is 12.3 Å². The van der Waals surface area contributed by atoms with Gasteiger partial charge >= 0.3 is 0 Å². The molecule has 0 aliphatic heterocycles. The Morgan fingerprint density at radius 1 is 1.67 bits per heavy atom. The third-order valence-electron chi connectivity index (χ3n) is 1.80. The number of pyridine rings is 1. The molecule has 0 aromatic carbocycles. The summed E-state index contributed by atoms with van der Waals surface area (Å²) in [5.74, 6) is 0.355. The molecule has 1 heterocycles. The van der Waals surface area contributed by atoms with Crippen LogP contribution in [-0.2, 0) is 0 Å². The van der Waals surface area contributed by atoms with Gasteiger partial charge in [0.1, 0.15) is 5.82 Å². The van der Waals surface area contributed by atoms with Crippen molar-refractivity contribution in [3.8, 4) is 0 Å². The Morgan fingerprint density at radius 3 is 2.83 bits per heavy atom. The molecule has 4 heteroatoms. The van der Waals surface area contributed by atoms with Crippen molar-refractivity contribution in [2.45, 2.75) is 13.0 Å². The van der Waals surface area contributed by atoms with Crippen LogP contribution in [0.15, 0.2) is 12.3 Å². The highest BCUT2D eigenvalue weighted by Crippen LogP contribution is 2.20. The minimum Gasteiger partial charge on any atom is -0.387 e. The van der Waals surface area contributed by atoms with E-state index in [2.05, 4.69) is 4.98 Å². The first-order chi connectivity index (χ1) is 5.66. The maximum absolute atomic E-state index is 9.45. The Labute approximate surface area is 71.2 Å². The summed E-state index contributed by atoms with van der Waals surface area (Å²) in [6.07, 6.45) is 0.899. The van der Waals surface area contributed by atoms with E-state index in [-0.39, 0.29) is 6.54 Å². The highest BCUT2D eigenvalue weighted by atomic mass is 16.3. The minimum absolute atomic E-state index is 0.163. The smallest absolute Gasteiger partial charge is 0.129 e. The van der Waals surface area contributed by atoms with Gasteiger partial charge in [-0.3, -0.25) is 0 Å². The van der Waals surface area contributed by atoms with E-state index in [1.807, 2.05) is 6.92 Å². The number of aryl methyl sites for hydroxylation is 1. The molecule has 0 saturated heterocycles. The summed E-state index contributed by atoms with van der Waals surface area (Å²) >= 11 is 0. The Bertz CT molecular complexity index is 255. The van der Waals surface area contributed by atoms with Crippen LogP contribution in [0.5, 0.6) is 0 Å². The number of aliphatic hydroxyl groups is 1. The molecule has 1 rings (SSSR count). The van der Waals surface area contributed by atoms with Gasteiger partial charge in [0, 0.05) is 18.3 Å². The van der Waals surface area contributed by atoms with Crippen molar-refractivity contribution in [2.75, 3.05) is 12.3 Å². The second-order valence-electron chi connectivity index (χ2n) is 2.68. The summed E-state index contributed by atoms with van der Waals surface area (Å²) in [5, 5.41) is 9.45. The van der Waals surface area contributed by atoms with Gasteiger partial charge in [-0.2, -0.15) is 0 Å². The zero-order chi connectivity index (χ0) is 9.14. The van der Waals surface area contributed by atoms with Crippen molar-refractivity contribution in [3.63, 3.8) is 0 Å². The molecule has 1 atom stereocenters. The second-order valence-corrected chi connectivity index (χ2v) is 2.68. The zero-order valence-corrected chi connectivity index (χ0v) is 6.99. The maximum atomic E-state index is 9.45. The minimum atomic E-state index is -0.710. The predicted octanol–water partition coefficient (Wildman–Crippen LogP) is -0.0357. The van der Waals surface area contributed by atoms with Gasteiger partial charge in [0.25, 0.3) is 0 Å². The summed E-state index contributed by atoms with van der Waals surface area (Å²) in [4.78, 5) is 3.87. The second kappa shape index (κ2) is 3.51. The topological polar surface area (TPSA) is 85.2 Å². The lowest BCUT2D eigenvalue weighted by molar-refractivity contribution is 0.186. The van der Waals surface area contributed by atoms with Crippen LogP contribution >= 0.6 is 0 Å². The molecule has 66 valence electrons. The molecule has 12 heavy (non-hydrogen) atoms. The molecule has 0 radical (unpaired) electrons. The first-order valence-electron chi connectivity index (χ1n) is 3.76. The van der Waals surface area contributed by atoms with Crippen molar-refractivity contribution in [1.29, 1.82) is 0 Å². The Hall–Kier alpha value is -1.13. The molecule has 0 aliphatic carbocycles. The van der Waals surface area contributed by atoms with Crippen molar-refractivity contribution in [3.05, 3.63) is 23.4 Å². The van der Waals surface area contributed by atoms with Gasteiger partial charge in [-0.15, -0.1) is 0 Å².